The number of sulfonamides is 1. The Morgan fingerprint density at radius 3 is 2.50 bits per heavy atom. The summed E-state index contributed by atoms with van der Waals surface area (Å²) in [6, 6.07) is 0. The first-order valence-electron chi connectivity index (χ1n) is 3.35. The van der Waals surface area contributed by atoms with Gasteiger partial charge in [0.25, 0.3) is 0 Å². The lowest BCUT2D eigenvalue weighted by Crippen LogP contribution is -2.37. The minimum Gasteiger partial charge on any atom is -0.409 e. The van der Waals surface area contributed by atoms with Crippen LogP contribution in [-0.2, 0) is 10.0 Å². The number of rotatable bonds is 4. The van der Waals surface area contributed by atoms with E-state index in [1.807, 2.05) is 0 Å². The SMILES string of the molecule is CC(C)S(=O)(=O)NC/C(N)=N/O. The summed E-state index contributed by atoms with van der Waals surface area (Å²) in [7, 11) is -3.33. The van der Waals surface area contributed by atoms with Crippen LogP contribution in [0.1, 0.15) is 13.8 Å². The Morgan fingerprint density at radius 2 is 2.17 bits per heavy atom. The highest BCUT2D eigenvalue weighted by Gasteiger charge is 2.14. The minimum atomic E-state index is -3.33. The fourth-order valence-electron chi connectivity index (χ4n) is 0.377. The van der Waals surface area contributed by atoms with Crippen molar-refractivity contribution in [1.29, 1.82) is 0 Å². The van der Waals surface area contributed by atoms with E-state index in [0.717, 1.165) is 0 Å². The van der Waals surface area contributed by atoms with Gasteiger partial charge in [0.15, 0.2) is 5.84 Å². The third kappa shape index (κ3) is 3.54. The molecule has 0 aliphatic carbocycles. The number of hydrogen-bond donors (Lipinski definition) is 3. The van der Waals surface area contributed by atoms with Crippen molar-refractivity contribution >= 4 is 15.9 Å². The van der Waals surface area contributed by atoms with Crippen molar-refractivity contribution in [3.05, 3.63) is 0 Å². The predicted octanol–water partition coefficient (Wildman–Crippen LogP) is -0.939. The Hall–Kier alpha value is -0.820. The highest BCUT2D eigenvalue weighted by Crippen LogP contribution is 1.94. The van der Waals surface area contributed by atoms with E-state index in [1.54, 1.807) is 0 Å². The summed E-state index contributed by atoms with van der Waals surface area (Å²) in [6.07, 6.45) is 0. The van der Waals surface area contributed by atoms with E-state index in [-0.39, 0.29) is 12.4 Å². The number of nitrogens with two attached hydrogens (primary N) is 1. The molecule has 0 unspecified atom stereocenters. The zero-order chi connectivity index (χ0) is 9.78. The smallest absolute Gasteiger partial charge is 0.214 e. The van der Waals surface area contributed by atoms with Crippen LogP contribution in [0.4, 0.5) is 0 Å². The number of amidine groups is 1. The van der Waals surface area contributed by atoms with Crippen LogP contribution in [0.25, 0.3) is 0 Å². The van der Waals surface area contributed by atoms with E-state index in [9.17, 15) is 8.42 Å². The molecule has 0 aliphatic rings. The molecule has 72 valence electrons. The molecular weight excluding hydrogens is 182 g/mol. The van der Waals surface area contributed by atoms with Gasteiger partial charge >= 0.3 is 0 Å². The molecular formula is C5H13N3O3S. The maximum absolute atomic E-state index is 11.0. The molecule has 0 fully saturated rings. The van der Waals surface area contributed by atoms with Crippen LogP contribution in [0, 0.1) is 0 Å². The van der Waals surface area contributed by atoms with Gasteiger partial charge in [0, 0.05) is 0 Å². The lowest BCUT2D eigenvalue weighted by Gasteiger charge is -2.07. The van der Waals surface area contributed by atoms with Gasteiger partial charge in [-0.1, -0.05) is 5.16 Å². The Morgan fingerprint density at radius 1 is 1.67 bits per heavy atom. The van der Waals surface area contributed by atoms with Gasteiger partial charge < -0.3 is 10.9 Å². The van der Waals surface area contributed by atoms with Crippen molar-refractivity contribution in [3.63, 3.8) is 0 Å². The zero-order valence-electron chi connectivity index (χ0n) is 6.98. The summed E-state index contributed by atoms with van der Waals surface area (Å²) >= 11 is 0. The minimum absolute atomic E-state index is 0.167. The lowest BCUT2D eigenvalue weighted by atomic mass is 10.6. The van der Waals surface area contributed by atoms with Crippen LogP contribution in [0.15, 0.2) is 5.16 Å². The molecule has 0 saturated heterocycles. The van der Waals surface area contributed by atoms with Gasteiger partial charge in [-0.05, 0) is 13.8 Å². The molecule has 0 atom stereocenters. The first-order chi connectivity index (χ1) is 5.40. The number of nitrogens with one attached hydrogen (secondary N) is 1. The van der Waals surface area contributed by atoms with Gasteiger partial charge in [0.1, 0.15) is 0 Å². The molecule has 0 spiro atoms. The second-order valence-corrected chi connectivity index (χ2v) is 4.83. The standard InChI is InChI=1S/C5H13N3O3S/c1-4(2)12(10,11)7-3-5(6)8-9/h4,7,9H,3H2,1-2H3,(H2,6,8). The third-order valence-corrected chi connectivity index (χ3v) is 2.99. The number of nitrogens with zero attached hydrogens (tertiary/aromatic N) is 1. The van der Waals surface area contributed by atoms with Crippen LogP contribution < -0.4 is 10.5 Å². The summed E-state index contributed by atoms with van der Waals surface area (Å²) in [5.74, 6) is -0.167. The fourth-order valence-corrected chi connectivity index (χ4v) is 1.06. The molecule has 0 amide bonds. The molecule has 0 aromatic heterocycles. The maximum atomic E-state index is 11.0. The molecule has 0 bridgehead atoms. The Labute approximate surface area is 71.5 Å². The van der Waals surface area contributed by atoms with Crippen LogP contribution in [0.2, 0.25) is 0 Å². The van der Waals surface area contributed by atoms with Gasteiger partial charge in [-0.2, -0.15) is 0 Å². The highest BCUT2D eigenvalue weighted by molar-refractivity contribution is 7.90. The van der Waals surface area contributed by atoms with E-state index in [2.05, 4.69) is 9.88 Å². The average Bonchev–Trinajstić information content (AvgIpc) is 2.00. The van der Waals surface area contributed by atoms with Crippen molar-refractivity contribution < 1.29 is 13.6 Å². The summed E-state index contributed by atoms with van der Waals surface area (Å²) in [6.45, 7) is 2.90. The molecule has 0 heterocycles. The van der Waals surface area contributed by atoms with Crippen LogP contribution in [-0.4, -0.2) is 31.3 Å². The molecule has 12 heavy (non-hydrogen) atoms. The first-order valence-corrected chi connectivity index (χ1v) is 4.89. The van der Waals surface area contributed by atoms with E-state index >= 15 is 0 Å². The monoisotopic (exact) mass is 195 g/mol. The van der Waals surface area contributed by atoms with Crippen molar-refractivity contribution in [2.45, 2.75) is 19.1 Å². The second-order valence-electron chi connectivity index (χ2n) is 2.51. The van der Waals surface area contributed by atoms with Crippen LogP contribution >= 0.6 is 0 Å². The van der Waals surface area contributed by atoms with Crippen molar-refractivity contribution in [2.24, 2.45) is 10.9 Å². The normalized spacial score (nSPS) is 13.8. The third-order valence-electron chi connectivity index (χ3n) is 1.20. The van der Waals surface area contributed by atoms with Gasteiger partial charge in [-0.15, -0.1) is 0 Å². The molecule has 0 aliphatic heterocycles. The molecule has 0 aromatic rings. The molecule has 0 aromatic carbocycles. The highest BCUT2D eigenvalue weighted by atomic mass is 32.2. The van der Waals surface area contributed by atoms with Crippen molar-refractivity contribution in [1.82, 2.24) is 4.72 Å². The average molecular weight is 195 g/mol. The lowest BCUT2D eigenvalue weighted by molar-refractivity contribution is 0.317. The Balaban J connectivity index is 4.12. The summed E-state index contributed by atoms with van der Waals surface area (Å²) in [5, 5.41) is 10.2. The van der Waals surface area contributed by atoms with E-state index in [0.29, 0.717) is 0 Å². The molecule has 7 heteroatoms. The van der Waals surface area contributed by atoms with Gasteiger partial charge in [-0.25, -0.2) is 13.1 Å². The fraction of sp³-hybridized carbons (Fsp3) is 0.800. The first kappa shape index (κ1) is 11.2. The molecule has 0 rings (SSSR count). The maximum Gasteiger partial charge on any atom is 0.214 e. The summed E-state index contributed by atoms with van der Waals surface area (Å²) < 4.78 is 24.3. The molecule has 6 nitrogen and oxygen atoms in total. The Bertz CT molecular complexity index is 257. The second kappa shape index (κ2) is 4.27. The largest absolute Gasteiger partial charge is 0.409 e. The van der Waals surface area contributed by atoms with Crippen LogP contribution in [0.5, 0.6) is 0 Å². The molecule has 0 saturated carbocycles. The van der Waals surface area contributed by atoms with E-state index in [1.165, 1.54) is 13.8 Å². The van der Waals surface area contributed by atoms with Crippen molar-refractivity contribution in [3.8, 4) is 0 Å². The van der Waals surface area contributed by atoms with Gasteiger partial charge in [0.2, 0.25) is 10.0 Å². The summed E-state index contributed by atoms with van der Waals surface area (Å²) in [4.78, 5) is 0. The van der Waals surface area contributed by atoms with Crippen molar-refractivity contribution in [2.75, 3.05) is 6.54 Å². The van der Waals surface area contributed by atoms with Crippen LogP contribution in [0.3, 0.4) is 0 Å². The van der Waals surface area contributed by atoms with E-state index < -0.39 is 15.3 Å². The van der Waals surface area contributed by atoms with E-state index in [4.69, 9.17) is 10.9 Å². The Kier molecular flexibility index (Phi) is 3.98. The zero-order valence-corrected chi connectivity index (χ0v) is 7.80. The van der Waals surface area contributed by atoms with Gasteiger partial charge in [0.05, 0.1) is 11.8 Å². The number of hydrogen-bond acceptors (Lipinski definition) is 4. The predicted molar refractivity (Wildman–Crippen MR) is 45.5 cm³/mol. The summed E-state index contributed by atoms with van der Waals surface area (Å²) in [5.41, 5.74) is 5.05. The molecule has 0 radical (unpaired) electrons. The topological polar surface area (TPSA) is 105 Å². The quantitative estimate of drug-likeness (QED) is 0.233. The molecule has 4 N–H and O–H groups in total. The van der Waals surface area contributed by atoms with Gasteiger partial charge in [-0.3, -0.25) is 0 Å². The number of oxime groups is 1.